The van der Waals surface area contributed by atoms with E-state index >= 15 is 0 Å². The highest BCUT2D eigenvalue weighted by atomic mass is 79.9. The van der Waals surface area contributed by atoms with E-state index in [0.29, 0.717) is 11.3 Å². The summed E-state index contributed by atoms with van der Waals surface area (Å²) in [4.78, 5) is 40.9. The standard InChI is InChI=1S/C26H18BrClF3N3O6S/c1-3-9-40-21-16(27)10-13(11-17(21)34(37)38)12-18-23(35)33-20(14-5-7-15(28)8-6-14)19(24(36)39-4-2)22(26(29,30)31)32-25(33)41-18/h3,5-8,10-12,20H,1,4,9H2,2H3/b18-12-/t20-/m0/s1. The number of nitro groups is 1. The summed E-state index contributed by atoms with van der Waals surface area (Å²) in [5.74, 6) is -1.35. The fraction of sp³-hybridized carbons (Fsp3) is 0.192. The molecule has 1 atom stereocenters. The molecule has 0 radical (unpaired) electrons. The Balaban J connectivity index is 2.01. The van der Waals surface area contributed by atoms with Crippen LogP contribution in [0.25, 0.3) is 6.08 Å². The van der Waals surface area contributed by atoms with Gasteiger partial charge in [-0.15, -0.1) is 0 Å². The van der Waals surface area contributed by atoms with Gasteiger partial charge in [0, 0.05) is 11.1 Å². The van der Waals surface area contributed by atoms with E-state index < -0.39 is 45.6 Å². The van der Waals surface area contributed by atoms with Gasteiger partial charge in [0.05, 0.1) is 32.2 Å². The Bertz CT molecular complexity index is 1770. The number of alkyl halides is 3. The molecule has 0 amide bonds. The first kappa shape index (κ1) is 30.2. The Kier molecular flexibility index (Phi) is 8.85. The van der Waals surface area contributed by atoms with Crippen molar-refractivity contribution in [3.8, 4) is 5.75 Å². The van der Waals surface area contributed by atoms with Crippen LogP contribution in [0.4, 0.5) is 18.9 Å². The van der Waals surface area contributed by atoms with Crippen molar-refractivity contribution in [1.82, 2.24) is 4.57 Å². The Morgan fingerprint density at radius 1 is 1.32 bits per heavy atom. The van der Waals surface area contributed by atoms with E-state index in [1.807, 2.05) is 0 Å². The number of fused-ring (bicyclic) bond motifs is 1. The van der Waals surface area contributed by atoms with Crippen molar-refractivity contribution in [2.75, 3.05) is 13.2 Å². The molecule has 0 saturated heterocycles. The van der Waals surface area contributed by atoms with Crippen LogP contribution in [0.2, 0.25) is 5.02 Å². The molecule has 214 valence electrons. The van der Waals surface area contributed by atoms with E-state index in [0.717, 1.165) is 10.6 Å². The molecule has 0 aliphatic carbocycles. The number of hydrogen-bond donors (Lipinski definition) is 0. The normalized spacial score (nSPS) is 15.3. The smallest absolute Gasteiger partial charge is 0.434 e. The molecule has 1 aliphatic rings. The zero-order chi connectivity index (χ0) is 30.1. The largest absolute Gasteiger partial charge is 0.482 e. The third-order valence-electron chi connectivity index (χ3n) is 5.67. The molecular weight excluding hydrogens is 655 g/mol. The molecular formula is C26H18BrClF3N3O6S. The number of nitro benzene ring substituents is 1. The average molecular weight is 673 g/mol. The van der Waals surface area contributed by atoms with Gasteiger partial charge >= 0.3 is 17.8 Å². The second kappa shape index (κ2) is 12.0. The van der Waals surface area contributed by atoms with Crippen molar-refractivity contribution in [3.05, 3.63) is 111 Å². The number of ether oxygens (including phenoxy) is 2. The summed E-state index contributed by atoms with van der Waals surface area (Å²) in [5.41, 5.74) is -3.20. The Hall–Kier alpha value is -3.75. The molecule has 15 heteroatoms. The highest BCUT2D eigenvalue weighted by Crippen LogP contribution is 2.39. The van der Waals surface area contributed by atoms with Gasteiger partial charge in [-0.1, -0.05) is 47.7 Å². The minimum Gasteiger partial charge on any atom is -0.482 e. The first-order valence-electron chi connectivity index (χ1n) is 11.6. The van der Waals surface area contributed by atoms with E-state index in [-0.39, 0.29) is 48.9 Å². The molecule has 1 aliphatic heterocycles. The summed E-state index contributed by atoms with van der Waals surface area (Å²) in [5, 5.41) is 12.0. The molecule has 4 rings (SSSR count). The summed E-state index contributed by atoms with van der Waals surface area (Å²) in [6.07, 6.45) is -2.38. The van der Waals surface area contributed by atoms with Crippen LogP contribution in [0.1, 0.15) is 24.1 Å². The summed E-state index contributed by atoms with van der Waals surface area (Å²) in [6, 6.07) is 6.67. The monoisotopic (exact) mass is 671 g/mol. The van der Waals surface area contributed by atoms with Gasteiger partial charge in [0.1, 0.15) is 6.61 Å². The number of thiazole rings is 1. The van der Waals surface area contributed by atoms with Crippen molar-refractivity contribution in [1.29, 1.82) is 0 Å². The molecule has 0 unspecified atom stereocenters. The summed E-state index contributed by atoms with van der Waals surface area (Å²) >= 11 is 9.83. The first-order chi connectivity index (χ1) is 19.4. The molecule has 2 heterocycles. The van der Waals surface area contributed by atoms with Crippen LogP contribution < -0.4 is 19.6 Å². The maximum absolute atomic E-state index is 14.2. The number of esters is 1. The molecule has 41 heavy (non-hydrogen) atoms. The minimum absolute atomic E-state index is 0.00752. The van der Waals surface area contributed by atoms with Crippen molar-refractivity contribution >= 4 is 56.6 Å². The lowest BCUT2D eigenvalue weighted by atomic mass is 9.95. The number of carbonyl (C=O) groups is 1. The van der Waals surface area contributed by atoms with Crippen LogP contribution in [0.3, 0.4) is 0 Å². The van der Waals surface area contributed by atoms with Crippen LogP contribution in [0.5, 0.6) is 5.75 Å². The average Bonchev–Trinajstić information content (AvgIpc) is 3.21. The second-order valence-corrected chi connectivity index (χ2v) is 10.6. The van der Waals surface area contributed by atoms with Gasteiger partial charge in [-0.3, -0.25) is 19.5 Å². The lowest BCUT2D eigenvalue weighted by Crippen LogP contribution is -2.41. The topological polar surface area (TPSA) is 113 Å². The predicted octanol–water partition coefficient (Wildman–Crippen LogP) is 5.23. The van der Waals surface area contributed by atoms with Crippen LogP contribution in [0.15, 0.2) is 74.6 Å². The number of hydrogen-bond acceptors (Lipinski definition) is 8. The number of aromatic nitrogens is 1. The van der Waals surface area contributed by atoms with Crippen LogP contribution in [-0.4, -0.2) is 34.8 Å². The summed E-state index contributed by atoms with van der Waals surface area (Å²) < 4.78 is 54.1. The first-order valence-corrected chi connectivity index (χ1v) is 13.6. The number of nitrogens with zero attached hydrogens (tertiary/aromatic N) is 3. The third kappa shape index (κ3) is 6.14. The zero-order valence-electron chi connectivity index (χ0n) is 20.9. The van der Waals surface area contributed by atoms with Crippen LogP contribution in [-0.2, 0) is 9.53 Å². The second-order valence-electron chi connectivity index (χ2n) is 8.32. The van der Waals surface area contributed by atoms with E-state index in [1.165, 1.54) is 49.4 Å². The van der Waals surface area contributed by atoms with E-state index in [9.17, 15) is 32.9 Å². The zero-order valence-corrected chi connectivity index (χ0v) is 24.1. The van der Waals surface area contributed by atoms with Crippen molar-refractivity contribution in [3.63, 3.8) is 0 Å². The van der Waals surface area contributed by atoms with Gasteiger partial charge in [0.25, 0.3) is 5.56 Å². The van der Waals surface area contributed by atoms with Gasteiger partial charge in [0.2, 0.25) is 5.75 Å². The van der Waals surface area contributed by atoms with Crippen molar-refractivity contribution in [2.24, 2.45) is 4.99 Å². The number of rotatable bonds is 8. The highest BCUT2D eigenvalue weighted by Gasteiger charge is 2.45. The van der Waals surface area contributed by atoms with Crippen molar-refractivity contribution in [2.45, 2.75) is 19.1 Å². The number of benzene rings is 2. The van der Waals surface area contributed by atoms with Gasteiger partial charge in [-0.25, -0.2) is 9.79 Å². The molecule has 0 fully saturated rings. The quantitative estimate of drug-likeness (QED) is 0.140. The van der Waals surface area contributed by atoms with Crippen LogP contribution in [0, 0.1) is 10.1 Å². The van der Waals surface area contributed by atoms with Gasteiger partial charge in [0.15, 0.2) is 10.5 Å². The molecule has 0 bridgehead atoms. The lowest BCUT2D eigenvalue weighted by molar-refractivity contribution is -0.385. The molecule has 0 N–H and O–H groups in total. The van der Waals surface area contributed by atoms with Gasteiger partial charge in [-0.05, 0) is 58.3 Å². The molecule has 0 spiro atoms. The molecule has 2 aromatic carbocycles. The van der Waals surface area contributed by atoms with E-state index in [2.05, 4.69) is 27.5 Å². The number of halogens is 5. The predicted molar refractivity (Wildman–Crippen MR) is 149 cm³/mol. The van der Waals surface area contributed by atoms with E-state index in [4.69, 9.17) is 21.1 Å². The Morgan fingerprint density at radius 2 is 2.00 bits per heavy atom. The lowest BCUT2D eigenvalue weighted by Gasteiger charge is -2.26. The SMILES string of the molecule is C=CCOc1c(Br)cc(/C=c2\sc3n(c2=O)[C@@H](c2ccc(Cl)cc2)C(C(=O)OCC)=C(C(F)(F)F)N=3)cc1[N+](=O)[O-]. The van der Waals surface area contributed by atoms with Crippen LogP contribution >= 0.6 is 38.9 Å². The molecule has 0 saturated carbocycles. The molecule has 9 nitrogen and oxygen atoms in total. The highest BCUT2D eigenvalue weighted by molar-refractivity contribution is 9.10. The van der Waals surface area contributed by atoms with Crippen molar-refractivity contribution < 1.29 is 32.4 Å². The third-order valence-corrected chi connectivity index (χ3v) is 7.49. The number of carbonyl (C=O) groups excluding carboxylic acids is 1. The van der Waals surface area contributed by atoms with E-state index in [1.54, 1.807) is 0 Å². The maximum atomic E-state index is 14.2. The maximum Gasteiger partial charge on any atom is 0.434 e. The number of allylic oxidation sites excluding steroid dienone is 1. The fourth-order valence-corrected chi connectivity index (χ4v) is 5.76. The fourth-order valence-electron chi connectivity index (χ4n) is 4.06. The molecule has 3 aromatic rings. The van der Waals surface area contributed by atoms with Gasteiger partial charge in [-0.2, -0.15) is 13.2 Å². The van der Waals surface area contributed by atoms with Gasteiger partial charge < -0.3 is 9.47 Å². The minimum atomic E-state index is -5.06. The summed E-state index contributed by atoms with van der Waals surface area (Å²) in [7, 11) is 0. The Labute approximate surface area is 246 Å². The summed E-state index contributed by atoms with van der Waals surface area (Å²) in [6.45, 7) is 4.71. The molecule has 1 aromatic heterocycles. The Morgan fingerprint density at radius 3 is 2.59 bits per heavy atom.